The number of benzene rings is 1. The molecule has 122 valence electrons. The molecule has 2 unspecified atom stereocenters. The summed E-state index contributed by atoms with van der Waals surface area (Å²) in [5.41, 5.74) is 3.85. The van der Waals surface area contributed by atoms with Crippen LogP contribution in [0.15, 0.2) is 30.3 Å². The lowest BCUT2D eigenvalue weighted by molar-refractivity contribution is -0.146. The van der Waals surface area contributed by atoms with Gasteiger partial charge in [-0.25, -0.2) is 4.68 Å². The van der Waals surface area contributed by atoms with Crippen molar-refractivity contribution in [1.82, 2.24) is 15.1 Å². The number of carboxylic acids is 1. The van der Waals surface area contributed by atoms with Crippen LogP contribution in [0.1, 0.15) is 36.8 Å². The molecule has 0 spiro atoms. The fourth-order valence-electron chi connectivity index (χ4n) is 2.33. The molecule has 1 aromatic carbocycles. The highest BCUT2D eigenvalue weighted by molar-refractivity contribution is 5.96. The molecule has 0 fully saturated rings. The normalized spacial score (nSPS) is 13.4. The lowest BCUT2D eigenvalue weighted by Gasteiger charge is -2.16. The first-order valence-corrected chi connectivity index (χ1v) is 7.46. The molecule has 0 aliphatic rings. The predicted molar refractivity (Wildman–Crippen MR) is 86.4 cm³/mol. The monoisotopic (exact) mass is 315 g/mol. The fourth-order valence-corrected chi connectivity index (χ4v) is 2.33. The predicted octanol–water partition coefficient (Wildman–Crippen LogP) is 2.39. The van der Waals surface area contributed by atoms with Gasteiger partial charge in [0.15, 0.2) is 0 Å². The van der Waals surface area contributed by atoms with Crippen molar-refractivity contribution in [3.05, 3.63) is 47.3 Å². The van der Waals surface area contributed by atoms with Crippen LogP contribution >= 0.6 is 0 Å². The number of nitrogens with one attached hydrogen (secondary N) is 1. The smallest absolute Gasteiger partial charge is 0.315 e. The van der Waals surface area contributed by atoms with Gasteiger partial charge in [0.25, 0.3) is 0 Å². The Balaban J connectivity index is 2.11. The van der Waals surface area contributed by atoms with E-state index in [1.54, 1.807) is 0 Å². The van der Waals surface area contributed by atoms with Gasteiger partial charge >= 0.3 is 5.97 Å². The van der Waals surface area contributed by atoms with Gasteiger partial charge in [-0.2, -0.15) is 5.10 Å². The second-order valence-electron chi connectivity index (χ2n) is 5.72. The van der Waals surface area contributed by atoms with Crippen molar-refractivity contribution in [2.24, 2.45) is 5.92 Å². The Morgan fingerprint density at radius 1 is 1.17 bits per heavy atom. The zero-order valence-electron chi connectivity index (χ0n) is 13.7. The molecule has 0 radical (unpaired) electrons. The summed E-state index contributed by atoms with van der Waals surface area (Å²) in [6.07, 6.45) is 0. The summed E-state index contributed by atoms with van der Waals surface area (Å²) in [5, 5.41) is 16.0. The number of aliphatic carboxylic acids is 1. The Morgan fingerprint density at radius 3 is 2.26 bits per heavy atom. The summed E-state index contributed by atoms with van der Waals surface area (Å²) in [6, 6.07) is 9.41. The van der Waals surface area contributed by atoms with Crippen molar-refractivity contribution < 1.29 is 14.7 Å². The molecule has 6 nitrogen and oxygen atoms in total. The lowest BCUT2D eigenvalue weighted by Crippen LogP contribution is -2.35. The Morgan fingerprint density at radius 2 is 1.78 bits per heavy atom. The number of rotatable bonds is 5. The third-order valence-electron chi connectivity index (χ3n) is 3.77. The van der Waals surface area contributed by atoms with E-state index in [0.29, 0.717) is 0 Å². The van der Waals surface area contributed by atoms with Gasteiger partial charge in [-0.1, -0.05) is 12.1 Å². The van der Waals surface area contributed by atoms with Crippen molar-refractivity contribution in [3.8, 4) is 5.69 Å². The van der Waals surface area contributed by atoms with Crippen LogP contribution in [0.3, 0.4) is 0 Å². The number of hydrogen-bond donors (Lipinski definition) is 2. The quantitative estimate of drug-likeness (QED) is 0.830. The molecule has 1 amide bonds. The number of carboxylic acid groups (broad SMARTS) is 1. The zero-order valence-corrected chi connectivity index (χ0v) is 13.7. The molecule has 0 aliphatic heterocycles. The first kappa shape index (κ1) is 16.7. The van der Waals surface area contributed by atoms with Gasteiger partial charge in [-0.15, -0.1) is 0 Å². The molecule has 23 heavy (non-hydrogen) atoms. The standard InChI is InChI=1S/C17H21N3O3/c1-10-9-11(2)20(19-10)15-7-5-14(6-8-15)13(4)18-16(21)12(3)17(22)23/h5-9,12-13H,1-4H3,(H,18,21)(H,22,23). The van der Waals surface area contributed by atoms with Crippen molar-refractivity contribution in [1.29, 1.82) is 0 Å². The zero-order chi connectivity index (χ0) is 17.1. The number of amides is 1. The molecule has 0 aliphatic carbocycles. The van der Waals surface area contributed by atoms with E-state index in [-0.39, 0.29) is 6.04 Å². The second-order valence-corrected chi connectivity index (χ2v) is 5.72. The van der Waals surface area contributed by atoms with E-state index in [9.17, 15) is 9.59 Å². The number of aromatic nitrogens is 2. The van der Waals surface area contributed by atoms with Crippen LogP contribution in [-0.4, -0.2) is 26.8 Å². The Labute approximate surface area is 135 Å². The number of hydrogen-bond acceptors (Lipinski definition) is 3. The molecular weight excluding hydrogens is 294 g/mol. The van der Waals surface area contributed by atoms with Crippen LogP contribution < -0.4 is 5.32 Å². The molecule has 0 saturated heterocycles. The van der Waals surface area contributed by atoms with Crippen LogP contribution in [0, 0.1) is 19.8 Å². The van der Waals surface area contributed by atoms with E-state index in [1.807, 2.05) is 55.8 Å². The molecule has 6 heteroatoms. The minimum Gasteiger partial charge on any atom is -0.481 e. The van der Waals surface area contributed by atoms with E-state index < -0.39 is 17.8 Å². The third-order valence-corrected chi connectivity index (χ3v) is 3.77. The first-order chi connectivity index (χ1) is 10.8. The topological polar surface area (TPSA) is 84.2 Å². The maximum Gasteiger partial charge on any atom is 0.315 e. The second kappa shape index (κ2) is 6.64. The van der Waals surface area contributed by atoms with Crippen LogP contribution in [0.2, 0.25) is 0 Å². The fraction of sp³-hybridized carbons (Fsp3) is 0.353. The molecule has 2 rings (SSSR count). The van der Waals surface area contributed by atoms with E-state index in [4.69, 9.17) is 5.11 Å². The van der Waals surface area contributed by atoms with Gasteiger partial charge < -0.3 is 10.4 Å². The minimum atomic E-state index is -1.13. The van der Waals surface area contributed by atoms with E-state index in [0.717, 1.165) is 22.6 Å². The summed E-state index contributed by atoms with van der Waals surface area (Å²) >= 11 is 0. The Bertz CT molecular complexity index is 719. The van der Waals surface area contributed by atoms with Crippen LogP contribution in [0.25, 0.3) is 5.69 Å². The van der Waals surface area contributed by atoms with Crippen molar-refractivity contribution in [2.45, 2.75) is 33.7 Å². The summed E-state index contributed by atoms with van der Waals surface area (Å²) in [4.78, 5) is 22.6. The Hall–Kier alpha value is -2.63. The lowest BCUT2D eigenvalue weighted by atomic mass is 10.1. The van der Waals surface area contributed by atoms with Crippen LogP contribution in [0.5, 0.6) is 0 Å². The van der Waals surface area contributed by atoms with Crippen molar-refractivity contribution in [2.75, 3.05) is 0 Å². The van der Waals surface area contributed by atoms with E-state index in [1.165, 1.54) is 6.92 Å². The van der Waals surface area contributed by atoms with E-state index >= 15 is 0 Å². The summed E-state index contributed by atoms with van der Waals surface area (Å²) in [5.74, 6) is -2.69. The van der Waals surface area contributed by atoms with Gasteiger partial charge in [0, 0.05) is 5.69 Å². The van der Waals surface area contributed by atoms with Gasteiger partial charge in [0.2, 0.25) is 5.91 Å². The highest BCUT2D eigenvalue weighted by atomic mass is 16.4. The van der Waals surface area contributed by atoms with E-state index in [2.05, 4.69) is 10.4 Å². The van der Waals surface area contributed by atoms with Crippen molar-refractivity contribution >= 4 is 11.9 Å². The minimum absolute atomic E-state index is 0.265. The highest BCUT2D eigenvalue weighted by Gasteiger charge is 2.22. The molecule has 2 atom stereocenters. The number of nitrogens with zero attached hydrogens (tertiary/aromatic N) is 2. The SMILES string of the molecule is Cc1cc(C)n(-c2ccc(C(C)NC(=O)C(C)C(=O)O)cc2)n1. The number of aryl methyl sites for hydroxylation is 2. The van der Waals surface area contributed by atoms with Crippen LogP contribution in [-0.2, 0) is 9.59 Å². The van der Waals surface area contributed by atoms with Gasteiger partial charge in [0.1, 0.15) is 5.92 Å². The Kier molecular flexibility index (Phi) is 4.83. The maximum absolute atomic E-state index is 11.8. The number of carbonyl (C=O) groups excluding carboxylic acids is 1. The summed E-state index contributed by atoms with van der Waals surface area (Å²) in [6.45, 7) is 7.13. The van der Waals surface area contributed by atoms with Gasteiger partial charge in [-0.3, -0.25) is 9.59 Å². The molecule has 2 N–H and O–H groups in total. The molecule has 1 aromatic heterocycles. The average molecular weight is 315 g/mol. The third kappa shape index (κ3) is 3.77. The number of carbonyl (C=O) groups is 2. The van der Waals surface area contributed by atoms with Crippen molar-refractivity contribution in [3.63, 3.8) is 0 Å². The highest BCUT2D eigenvalue weighted by Crippen LogP contribution is 2.17. The average Bonchev–Trinajstić information content (AvgIpc) is 2.85. The molecule has 2 aromatic rings. The summed E-state index contributed by atoms with van der Waals surface area (Å²) < 4.78 is 1.86. The molecule has 1 heterocycles. The molecule has 0 bridgehead atoms. The maximum atomic E-state index is 11.8. The van der Waals surface area contributed by atoms with Gasteiger partial charge in [0.05, 0.1) is 17.4 Å². The largest absolute Gasteiger partial charge is 0.481 e. The van der Waals surface area contributed by atoms with Crippen LogP contribution in [0.4, 0.5) is 0 Å². The molecular formula is C17H21N3O3. The summed E-state index contributed by atoms with van der Waals surface area (Å²) in [7, 11) is 0. The van der Waals surface area contributed by atoms with Gasteiger partial charge in [-0.05, 0) is 51.5 Å². The molecule has 0 saturated carbocycles. The first-order valence-electron chi connectivity index (χ1n) is 7.46.